The molecule has 1 aliphatic rings. The molecule has 0 unspecified atom stereocenters. The molecule has 172 valence electrons. The fourth-order valence-corrected chi connectivity index (χ4v) is 5.13. The van der Waals surface area contributed by atoms with Crippen LogP contribution in [0.25, 0.3) is 0 Å². The second kappa shape index (κ2) is 8.46. The topological polar surface area (TPSA) is 84.2 Å². The van der Waals surface area contributed by atoms with Gasteiger partial charge in [0.2, 0.25) is 0 Å². The summed E-state index contributed by atoms with van der Waals surface area (Å²) < 4.78 is 15.0. The van der Waals surface area contributed by atoms with Gasteiger partial charge in [0, 0.05) is 12.0 Å². The highest BCUT2D eigenvalue weighted by Gasteiger charge is 2.50. The van der Waals surface area contributed by atoms with Crippen molar-refractivity contribution in [3.05, 3.63) is 93.2 Å². The molecule has 0 atom stereocenters. The highest BCUT2D eigenvalue weighted by Crippen LogP contribution is 2.56. The van der Waals surface area contributed by atoms with Crippen molar-refractivity contribution < 1.29 is 14.3 Å². The number of nitrogens with zero attached hydrogens (tertiary/aromatic N) is 2. The molecule has 1 heterocycles. The molecule has 0 bridgehead atoms. The van der Waals surface area contributed by atoms with E-state index in [-0.39, 0.29) is 28.9 Å². The summed E-state index contributed by atoms with van der Waals surface area (Å²) in [5.41, 5.74) is 1.12. The molecule has 0 saturated heterocycles. The molecule has 33 heavy (non-hydrogen) atoms. The number of aromatic nitrogens is 2. The smallest absolute Gasteiger partial charge is 0.276 e. The zero-order valence-electron chi connectivity index (χ0n) is 19.1. The van der Waals surface area contributed by atoms with E-state index in [4.69, 9.17) is 0 Å². The van der Waals surface area contributed by atoms with E-state index >= 15 is 0 Å². The fourth-order valence-electron chi connectivity index (χ4n) is 5.13. The number of aryl methyl sites for hydroxylation is 1. The number of halogens is 1. The van der Waals surface area contributed by atoms with Gasteiger partial charge in [-0.05, 0) is 47.9 Å². The van der Waals surface area contributed by atoms with Crippen LogP contribution >= 0.6 is 0 Å². The molecule has 2 N–H and O–H groups in total. The summed E-state index contributed by atoms with van der Waals surface area (Å²) >= 11 is 0. The number of hydrogen-bond donors (Lipinski definition) is 2. The van der Waals surface area contributed by atoms with Crippen LogP contribution in [0.15, 0.2) is 59.5 Å². The largest absolute Gasteiger partial charge is 0.503 e. The quantitative estimate of drug-likeness (QED) is 0.594. The Morgan fingerprint density at radius 3 is 2.52 bits per heavy atom. The minimum atomic E-state index is -0.818. The molecule has 1 amide bonds. The van der Waals surface area contributed by atoms with Crippen molar-refractivity contribution >= 4 is 5.91 Å². The van der Waals surface area contributed by atoms with Crippen LogP contribution in [0.2, 0.25) is 0 Å². The zero-order chi connectivity index (χ0) is 23.8. The number of carbonyl (C=O) groups is 1. The minimum Gasteiger partial charge on any atom is -0.503 e. The van der Waals surface area contributed by atoms with E-state index in [1.807, 2.05) is 18.2 Å². The summed E-state index contributed by atoms with van der Waals surface area (Å²) in [4.78, 5) is 25.2. The Morgan fingerprint density at radius 1 is 1.18 bits per heavy atom. The van der Waals surface area contributed by atoms with Crippen LogP contribution in [0.4, 0.5) is 4.39 Å². The standard InChI is InChI=1S/C26H28FN3O3/c1-17-11-18(9-10-20(17)27)12-28-24(33)22-23(32)21(31)13-30(29-22)16-26(14-25(2,3)15-26)19-7-5-4-6-8-19/h4-11,13,31H,12,14-16H2,1-3H3,(H,28,33). The van der Waals surface area contributed by atoms with Crippen molar-refractivity contribution in [2.45, 2.75) is 52.1 Å². The molecular formula is C26H28FN3O3. The Morgan fingerprint density at radius 2 is 1.88 bits per heavy atom. The van der Waals surface area contributed by atoms with Gasteiger partial charge in [0.1, 0.15) is 5.82 Å². The molecular weight excluding hydrogens is 421 g/mol. The Kier molecular flexibility index (Phi) is 5.82. The summed E-state index contributed by atoms with van der Waals surface area (Å²) in [5, 5.41) is 17.2. The molecule has 1 aliphatic carbocycles. The molecule has 4 rings (SSSR count). The number of benzene rings is 2. The SMILES string of the molecule is Cc1cc(CNC(=O)c2nn(CC3(c4ccccc4)CC(C)(C)C3)cc(O)c2=O)ccc1F. The molecule has 0 spiro atoms. The van der Waals surface area contributed by atoms with Gasteiger partial charge in [-0.1, -0.05) is 56.3 Å². The normalized spacial score (nSPS) is 16.1. The lowest BCUT2D eigenvalue weighted by Crippen LogP contribution is -2.49. The number of rotatable bonds is 6. The maximum Gasteiger partial charge on any atom is 0.276 e. The first-order valence-electron chi connectivity index (χ1n) is 11.0. The third-order valence-electron chi connectivity index (χ3n) is 6.32. The summed E-state index contributed by atoms with van der Waals surface area (Å²) in [6.45, 7) is 6.60. The molecule has 7 heteroatoms. The highest BCUT2D eigenvalue weighted by molar-refractivity contribution is 5.92. The predicted octanol–water partition coefficient (Wildman–Crippen LogP) is 4.08. The third-order valence-corrected chi connectivity index (χ3v) is 6.32. The highest BCUT2D eigenvalue weighted by atomic mass is 19.1. The van der Waals surface area contributed by atoms with Gasteiger partial charge in [0.15, 0.2) is 11.4 Å². The molecule has 6 nitrogen and oxygen atoms in total. The fraction of sp³-hybridized carbons (Fsp3) is 0.346. The predicted molar refractivity (Wildman–Crippen MR) is 124 cm³/mol. The lowest BCUT2D eigenvalue weighted by atomic mass is 9.52. The first-order valence-corrected chi connectivity index (χ1v) is 11.0. The van der Waals surface area contributed by atoms with E-state index in [0.29, 0.717) is 17.7 Å². The van der Waals surface area contributed by atoms with Crippen molar-refractivity contribution in [1.29, 1.82) is 0 Å². The second-order valence-electron chi connectivity index (χ2n) is 9.82. The molecule has 3 aromatic rings. The molecule has 2 aromatic carbocycles. The van der Waals surface area contributed by atoms with Crippen LogP contribution in [0.1, 0.15) is 53.9 Å². The van der Waals surface area contributed by atoms with Crippen LogP contribution in [-0.2, 0) is 18.5 Å². The van der Waals surface area contributed by atoms with E-state index in [2.05, 4.69) is 36.4 Å². The minimum absolute atomic E-state index is 0.110. The average Bonchev–Trinajstić information content (AvgIpc) is 2.76. The summed E-state index contributed by atoms with van der Waals surface area (Å²) in [5.74, 6) is -1.53. The third kappa shape index (κ3) is 4.67. The van der Waals surface area contributed by atoms with Gasteiger partial charge in [-0.3, -0.25) is 14.3 Å². The van der Waals surface area contributed by atoms with Gasteiger partial charge in [-0.2, -0.15) is 5.10 Å². The number of hydrogen-bond acceptors (Lipinski definition) is 4. The van der Waals surface area contributed by atoms with Crippen LogP contribution in [-0.4, -0.2) is 20.8 Å². The first kappa shape index (κ1) is 22.7. The van der Waals surface area contributed by atoms with E-state index in [0.717, 1.165) is 12.8 Å². The number of carbonyl (C=O) groups excluding carboxylic acids is 1. The van der Waals surface area contributed by atoms with Crippen molar-refractivity contribution in [3.63, 3.8) is 0 Å². The number of aromatic hydroxyl groups is 1. The Hall–Kier alpha value is -3.48. The summed E-state index contributed by atoms with van der Waals surface area (Å²) in [6, 6.07) is 14.6. The molecule has 1 saturated carbocycles. The van der Waals surface area contributed by atoms with Crippen molar-refractivity contribution in [2.24, 2.45) is 5.41 Å². The van der Waals surface area contributed by atoms with E-state index in [1.54, 1.807) is 19.1 Å². The van der Waals surface area contributed by atoms with Crippen molar-refractivity contribution in [3.8, 4) is 5.75 Å². The van der Waals surface area contributed by atoms with Crippen molar-refractivity contribution in [2.75, 3.05) is 0 Å². The monoisotopic (exact) mass is 449 g/mol. The number of nitrogens with one attached hydrogen (secondary N) is 1. The molecule has 0 radical (unpaired) electrons. The van der Waals surface area contributed by atoms with Gasteiger partial charge in [0.25, 0.3) is 11.3 Å². The average molecular weight is 450 g/mol. The molecule has 0 aliphatic heterocycles. The number of amides is 1. The Balaban J connectivity index is 1.58. The van der Waals surface area contributed by atoms with Crippen molar-refractivity contribution in [1.82, 2.24) is 15.1 Å². The zero-order valence-corrected chi connectivity index (χ0v) is 19.1. The van der Waals surface area contributed by atoms with Gasteiger partial charge in [0.05, 0.1) is 12.7 Å². The van der Waals surface area contributed by atoms with Crippen LogP contribution < -0.4 is 10.7 Å². The summed E-state index contributed by atoms with van der Waals surface area (Å²) in [7, 11) is 0. The first-order chi connectivity index (χ1) is 15.6. The van der Waals surface area contributed by atoms with E-state index < -0.39 is 17.1 Å². The lowest BCUT2D eigenvalue weighted by molar-refractivity contribution is 0.0388. The maximum absolute atomic E-state index is 13.5. The maximum atomic E-state index is 13.5. The van der Waals surface area contributed by atoms with E-state index in [9.17, 15) is 19.1 Å². The molecule has 1 fully saturated rings. The van der Waals surface area contributed by atoms with Gasteiger partial charge in [-0.15, -0.1) is 0 Å². The Bertz CT molecular complexity index is 1240. The molecule has 1 aromatic heterocycles. The van der Waals surface area contributed by atoms with Gasteiger partial charge >= 0.3 is 0 Å². The van der Waals surface area contributed by atoms with Crippen LogP contribution in [0, 0.1) is 18.2 Å². The lowest BCUT2D eigenvalue weighted by Gasteiger charge is -2.54. The Labute approximate surface area is 192 Å². The van der Waals surface area contributed by atoms with Crippen LogP contribution in [0.3, 0.4) is 0 Å². The van der Waals surface area contributed by atoms with Crippen LogP contribution in [0.5, 0.6) is 5.75 Å². The van der Waals surface area contributed by atoms with Gasteiger partial charge < -0.3 is 10.4 Å². The van der Waals surface area contributed by atoms with Gasteiger partial charge in [-0.25, -0.2) is 4.39 Å². The van der Waals surface area contributed by atoms with E-state index in [1.165, 1.54) is 22.5 Å². The second-order valence-corrected chi connectivity index (χ2v) is 9.82. The summed E-state index contributed by atoms with van der Waals surface area (Å²) in [6.07, 6.45) is 3.13.